The molecule has 0 fully saturated rings. The highest BCUT2D eigenvalue weighted by atomic mass is 35.5. The van der Waals surface area contributed by atoms with Crippen molar-refractivity contribution in [3.05, 3.63) is 47.2 Å². The van der Waals surface area contributed by atoms with E-state index in [4.69, 9.17) is 21.1 Å². The molecule has 2 rings (SSSR count). The van der Waals surface area contributed by atoms with Crippen molar-refractivity contribution in [3.63, 3.8) is 0 Å². The van der Waals surface area contributed by atoms with Crippen molar-refractivity contribution in [2.45, 2.75) is 13.0 Å². The van der Waals surface area contributed by atoms with Crippen LogP contribution in [0.5, 0.6) is 11.5 Å². The number of nitrogens with one attached hydrogen (secondary N) is 2. The smallest absolute Gasteiger partial charge is 0.246 e. The third-order valence-corrected chi connectivity index (χ3v) is 3.65. The summed E-state index contributed by atoms with van der Waals surface area (Å²) in [7, 11) is 3.02. The maximum Gasteiger partial charge on any atom is 0.246 e. The minimum atomic E-state index is -0.576. The molecule has 0 aliphatic heterocycles. The highest BCUT2D eigenvalue weighted by Gasteiger charge is 2.17. The minimum Gasteiger partial charge on any atom is -0.495 e. The van der Waals surface area contributed by atoms with Crippen molar-refractivity contribution >= 4 is 28.9 Å². The molecule has 1 atom stereocenters. The van der Waals surface area contributed by atoms with Crippen molar-refractivity contribution in [1.82, 2.24) is 0 Å². The molecule has 0 spiro atoms. The fourth-order valence-electron chi connectivity index (χ4n) is 2.06. The predicted octanol–water partition coefficient (Wildman–Crippen LogP) is 3.94. The average Bonchev–Trinajstić information content (AvgIpc) is 2.57. The summed E-state index contributed by atoms with van der Waals surface area (Å²) < 4.78 is 23.3. The van der Waals surface area contributed by atoms with E-state index in [-0.39, 0.29) is 11.7 Å². The lowest BCUT2D eigenvalue weighted by atomic mass is 10.2. The zero-order valence-electron chi connectivity index (χ0n) is 13.5. The zero-order chi connectivity index (χ0) is 17.7. The molecular weight excluding hydrogens is 335 g/mol. The predicted molar refractivity (Wildman–Crippen MR) is 92.7 cm³/mol. The van der Waals surface area contributed by atoms with Crippen LogP contribution in [0.2, 0.25) is 5.02 Å². The lowest BCUT2D eigenvalue weighted by molar-refractivity contribution is -0.116. The maximum atomic E-state index is 12.9. The fourth-order valence-corrected chi connectivity index (χ4v) is 2.30. The summed E-state index contributed by atoms with van der Waals surface area (Å²) in [6.07, 6.45) is 0. The summed E-state index contributed by atoms with van der Waals surface area (Å²) in [6, 6.07) is 8.22. The molecule has 2 N–H and O–H groups in total. The van der Waals surface area contributed by atoms with Gasteiger partial charge in [0.05, 0.1) is 24.9 Å². The van der Waals surface area contributed by atoms with Gasteiger partial charge in [0.1, 0.15) is 23.4 Å². The van der Waals surface area contributed by atoms with E-state index in [9.17, 15) is 9.18 Å². The number of ether oxygens (including phenoxy) is 2. The van der Waals surface area contributed by atoms with Crippen LogP contribution < -0.4 is 20.1 Å². The lowest BCUT2D eigenvalue weighted by Crippen LogP contribution is -2.32. The Morgan fingerprint density at radius 1 is 1.12 bits per heavy atom. The molecule has 0 radical (unpaired) electrons. The largest absolute Gasteiger partial charge is 0.495 e. The van der Waals surface area contributed by atoms with Gasteiger partial charge in [-0.15, -0.1) is 0 Å². The van der Waals surface area contributed by atoms with Crippen LogP contribution >= 0.6 is 11.6 Å². The summed E-state index contributed by atoms with van der Waals surface area (Å²) in [5.74, 6) is 0.326. The van der Waals surface area contributed by atoms with Crippen LogP contribution in [0.3, 0.4) is 0 Å². The van der Waals surface area contributed by atoms with Crippen molar-refractivity contribution in [1.29, 1.82) is 0 Å². The lowest BCUT2D eigenvalue weighted by Gasteiger charge is -2.18. The Labute approximate surface area is 144 Å². The molecule has 0 aliphatic carbocycles. The first-order valence-electron chi connectivity index (χ1n) is 7.19. The second-order valence-electron chi connectivity index (χ2n) is 5.05. The van der Waals surface area contributed by atoms with Crippen LogP contribution in [0.1, 0.15) is 6.92 Å². The number of amides is 1. The molecule has 0 bridgehead atoms. The minimum absolute atomic E-state index is 0.282. The number of halogens is 2. The van der Waals surface area contributed by atoms with E-state index in [0.29, 0.717) is 27.9 Å². The topological polar surface area (TPSA) is 59.6 Å². The van der Waals surface area contributed by atoms with Gasteiger partial charge in [0.25, 0.3) is 0 Å². The van der Waals surface area contributed by atoms with E-state index in [2.05, 4.69) is 10.6 Å². The first-order chi connectivity index (χ1) is 11.4. The van der Waals surface area contributed by atoms with E-state index >= 15 is 0 Å². The summed E-state index contributed by atoms with van der Waals surface area (Å²) in [5, 5.41) is 6.13. The molecule has 2 aromatic carbocycles. The maximum absolute atomic E-state index is 12.9. The Morgan fingerprint density at radius 2 is 1.75 bits per heavy atom. The molecule has 128 valence electrons. The Morgan fingerprint density at radius 3 is 2.33 bits per heavy atom. The number of anilines is 2. The van der Waals surface area contributed by atoms with Crippen LogP contribution in [-0.2, 0) is 4.79 Å². The molecule has 0 saturated heterocycles. The Hall–Kier alpha value is -2.47. The van der Waals surface area contributed by atoms with Crippen LogP contribution in [0, 0.1) is 5.82 Å². The summed E-state index contributed by atoms with van der Waals surface area (Å²) in [6.45, 7) is 1.69. The fraction of sp³-hybridized carbons (Fsp3) is 0.235. The van der Waals surface area contributed by atoms with Crippen LogP contribution in [0.25, 0.3) is 0 Å². The third-order valence-electron chi connectivity index (χ3n) is 3.35. The number of hydrogen-bond donors (Lipinski definition) is 2. The van der Waals surface area contributed by atoms with Gasteiger partial charge in [-0.1, -0.05) is 11.6 Å². The molecule has 0 heterocycles. The molecule has 24 heavy (non-hydrogen) atoms. The number of carbonyl (C=O) groups excluding carboxylic acids is 1. The first kappa shape index (κ1) is 17.9. The van der Waals surface area contributed by atoms with E-state index in [0.717, 1.165) is 0 Å². The summed E-state index contributed by atoms with van der Waals surface area (Å²) in [5.41, 5.74) is 1.07. The van der Waals surface area contributed by atoms with Gasteiger partial charge in [-0.05, 0) is 37.3 Å². The molecule has 2 aromatic rings. The molecule has 7 heteroatoms. The van der Waals surface area contributed by atoms with E-state index in [1.807, 2.05) is 0 Å². The van der Waals surface area contributed by atoms with Gasteiger partial charge in [0.15, 0.2) is 0 Å². The zero-order valence-corrected chi connectivity index (χ0v) is 14.3. The first-order valence-corrected chi connectivity index (χ1v) is 7.57. The molecule has 0 saturated carbocycles. The molecule has 1 amide bonds. The number of hydrogen-bond acceptors (Lipinski definition) is 4. The highest BCUT2D eigenvalue weighted by molar-refractivity contribution is 6.32. The molecule has 5 nitrogen and oxygen atoms in total. The Bertz CT molecular complexity index is 723. The van der Waals surface area contributed by atoms with E-state index in [1.165, 1.54) is 38.5 Å². The van der Waals surface area contributed by atoms with Crippen molar-refractivity contribution in [2.75, 3.05) is 24.9 Å². The van der Waals surface area contributed by atoms with Crippen LogP contribution in [0.15, 0.2) is 36.4 Å². The monoisotopic (exact) mass is 352 g/mol. The van der Waals surface area contributed by atoms with E-state index in [1.54, 1.807) is 19.1 Å². The quantitative estimate of drug-likeness (QED) is 0.826. The molecule has 0 aliphatic rings. The average molecular weight is 353 g/mol. The Kier molecular flexibility index (Phi) is 5.87. The summed E-state index contributed by atoms with van der Waals surface area (Å²) >= 11 is 6.11. The second kappa shape index (κ2) is 7.88. The SMILES string of the molecule is COc1cc(OC)c(N[C@H](C)C(=O)Nc2ccc(F)cc2)cc1Cl. The standard InChI is InChI=1S/C17H18ClFN2O3/c1-10(17(22)21-12-6-4-11(19)5-7-12)20-14-8-13(18)15(23-2)9-16(14)24-3/h4-10,20H,1-3H3,(H,21,22)/t10-/m1/s1. The number of rotatable bonds is 6. The number of methoxy groups -OCH3 is 2. The van der Waals surface area contributed by atoms with Crippen LogP contribution in [-0.4, -0.2) is 26.2 Å². The van der Waals surface area contributed by atoms with Crippen LogP contribution in [0.4, 0.5) is 15.8 Å². The van der Waals surface area contributed by atoms with Gasteiger partial charge >= 0.3 is 0 Å². The third kappa shape index (κ3) is 4.29. The van der Waals surface area contributed by atoms with Gasteiger partial charge in [0, 0.05) is 11.8 Å². The Balaban J connectivity index is 2.10. The van der Waals surface area contributed by atoms with Gasteiger partial charge in [-0.3, -0.25) is 4.79 Å². The van der Waals surface area contributed by atoms with E-state index < -0.39 is 6.04 Å². The number of carbonyl (C=O) groups is 1. The van der Waals surface area contributed by atoms with Crippen molar-refractivity contribution in [3.8, 4) is 11.5 Å². The van der Waals surface area contributed by atoms with Gasteiger partial charge in [-0.25, -0.2) is 4.39 Å². The highest BCUT2D eigenvalue weighted by Crippen LogP contribution is 2.36. The normalized spacial score (nSPS) is 11.5. The second-order valence-corrected chi connectivity index (χ2v) is 5.46. The van der Waals surface area contributed by atoms with Gasteiger partial charge < -0.3 is 20.1 Å². The van der Waals surface area contributed by atoms with Gasteiger partial charge in [-0.2, -0.15) is 0 Å². The number of benzene rings is 2. The van der Waals surface area contributed by atoms with Crippen molar-refractivity contribution < 1.29 is 18.7 Å². The molecular formula is C17H18ClFN2O3. The van der Waals surface area contributed by atoms with Crippen molar-refractivity contribution in [2.24, 2.45) is 0 Å². The van der Waals surface area contributed by atoms with Gasteiger partial charge in [0.2, 0.25) is 5.91 Å². The molecule has 0 aromatic heterocycles. The molecule has 0 unspecified atom stereocenters. The summed E-state index contributed by atoms with van der Waals surface area (Å²) in [4.78, 5) is 12.2.